The van der Waals surface area contributed by atoms with Gasteiger partial charge in [0, 0.05) is 19.5 Å². The van der Waals surface area contributed by atoms with E-state index in [4.69, 9.17) is 18.9 Å². The number of carbonyl (C=O) groups excluding carboxylic acids is 4. The molecule has 4 rings (SSSR count). The van der Waals surface area contributed by atoms with E-state index >= 15 is 0 Å². The molecular weight excluding hydrogens is 568 g/mol. The normalized spacial score (nSPS) is 20.0. The minimum Gasteiger partial charge on any atom is -0.493 e. The molecule has 0 radical (unpaired) electrons. The molecule has 2 saturated heterocycles. The molecule has 0 spiro atoms. The first kappa shape index (κ1) is 32.9. The first-order valence-electron chi connectivity index (χ1n) is 14.7. The average molecular weight is 611 g/mol. The van der Waals surface area contributed by atoms with Crippen LogP contribution in [0, 0.1) is 0 Å². The van der Waals surface area contributed by atoms with E-state index in [0.29, 0.717) is 43.4 Å². The Bertz CT molecular complexity index is 1310. The molecule has 0 aliphatic carbocycles. The zero-order valence-electron chi connectivity index (χ0n) is 25.7. The van der Waals surface area contributed by atoms with Gasteiger partial charge in [0.1, 0.15) is 17.7 Å². The lowest BCUT2D eigenvalue weighted by Gasteiger charge is -2.27. The van der Waals surface area contributed by atoms with Gasteiger partial charge < -0.3 is 34.9 Å². The van der Waals surface area contributed by atoms with Crippen molar-refractivity contribution in [3.8, 4) is 11.5 Å². The Morgan fingerprint density at radius 3 is 2.14 bits per heavy atom. The molecule has 0 aromatic heterocycles. The van der Waals surface area contributed by atoms with Crippen LogP contribution in [-0.4, -0.2) is 106 Å². The van der Waals surface area contributed by atoms with Crippen molar-refractivity contribution in [1.29, 1.82) is 0 Å². The number of ether oxygens (including phenoxy) is 4. The predicted octanol–water partition coefficient (Wildman–Crippen LogP) is 0.654. The van der Waals surface area contributed by atoms with Crippen LogP contribution in [0.5, 0.6) is 11.5 Å². The van der Waals surface area contributed by atoms with E-state index < -0.39 is 35.5 Å². The minimum atomic E-state index is -1.07. The van der Waals surface area contributed by atoms with E-state index in [2.05, 4.69) is 16.0 Å². The van der Waals surface area contributed by atoms with Gasteiger partial charge in [0.15, 0.2) is 17.3 Å². The largest absolute Gasteiger partial charge is 0.493 e. The smallest absolute Gasteiger partial charge is 0.243 e. The Morgan fingerprint density at radius 2 is 1.50 bits per heavy atom. The molecule has 3 amide bonds. The second-order valence-electron chi connectivity index (χ2n) is 11.3. The number of hydrogen-bond donors (Lipinski definition) is 3. The van der Waals surface area contributed by atoms with E-state index in [0.717, 1.165) is 5.56 Å². The summed E-state index contributed by atoms with van der Waals surface area (Å²) in [6.07, 6.45) is 0.349. The highest BCUT2D eigenvalue weighted by Gasteiger charge is 2.50. The number of nitrogens with one attached hydrogen (secondary N) is 3. The van der Waals surface area contributed by atoms with Crippen molar-refractivity contribution in [2.24, 2.45) is 0 Å². The molecule has 3 N–H and O–H groups in total. The van der Waals surface area contributed by atoms with Gasteiger partial charge in [-0.2, -0.15) is 0 Å². The van der Waals surface area contributed by atoms with Crippen LogP contribution < -0.4 is 25.4 Å². The van der Waals surface area contributed by atoms with Crippen LogP contribution >= 0.6 is 0 Å². The molecule has 0 saturated carbocycles. The summed E-state index contributed by atoms with van der Waals surface area (Å²) in [5, 5.41) is 8.38. The van der Waals surface area contributed by atoms with E-state index in [1.165, 1.54) is 14.2 Å². The van der Waals surface area contributed by atoms with Gasteiger partial charge in [0.2, 0.25) is 17.7 Å². The maximum Gasteiger partial charge on any atom is 0.243 e. The SMILES string of the molecule is COc1ccc(CC(NC(=O)C(C)NC(=O)CN2CCOCC2)C(=O)NC(Cc2ccccc2)C(=O)C2(C)CO2)cc1OC. The Hall–Kier alpha value is -4.00. The highest BCUT2D eigenvalue weighted by molar-refractivity contribution is 5.98. The number of rotatable bonds is 15. The van der Waals surface area contributed by atoms with Crippen LogP contribution in [0.4, 0.5) is 0 Å². The summed E-state index contributed by atoms with van der Waals surface area (Å²) in [4.78, 5) is 55.1. The Labute approximate surface area is 257 Å². The van der Waals surface area contributed by atoms with Gasteiger partial charge in [-0.1, -0.05) is 36.4 Å². The lowest BCUT2D eigenvalue weighted by molar-refractivity contribution is -0.134. The molecule has 0 bridgehead atoms. The van der Waals surface area contributed by atoms with Gasteiger partial charge in [-0.25, -0.2) is 0 Å². The van der Waals surface area contributed by atoms with Crippen LogP contribution in [0.25, 0.3) is 0 Å². The number of nitrogens with zero attached hydrogens (tertiary/aromatic N) is 1. The molecule has 12 nitrogen and oxygen atoms in total. The third-order valence-corrected chi connectivity index (χ3v) is 7.78. The van der Waals surface area contributed by atoms with Crippen molar-refractivity contribution < 1.29 is 38.1 Å². The summed E-state index contributed by atoms with van der Waals surface area (Å²) < 4.78 is 21.5. The van der Waals surface area contributed by atoms with Gasteiger partial charge in [0.05, 0.1) is 46.6 Å². The number of benzene rings is 2. The van der Waals surface area contributed by atoms with Crippen LogP contribution in [0.15, 0.2) is 48.5 Å². The van der Waals surface area contributed by atoms with Crippen molar-refractivity contribution in [3.63, 3.8) is 0 Å². The molecule has 238 valence electrons. The van der Waals surface area contributed by atoms with E-state index in [1.54, 1.807) is 32.0 Å². The summed E-state index contributed by atoms with van der Waals surface area (Å²) in [6.45, 7) is 6.04. The van der Waals surface area contributed by atoms with Crippen molar-refractivity contribution in [2.45, 2.75) is 50.4 Å². The van der Waals surface area contributed by atoms with E-state index in [9.17, 15) is 19.2 Å². The zero-order valence-corrected chi connectivity index (χ0v) is 25.7. The molecule has 2 aliphatic rings. The van der Waals surface area contributed by atoms with Crippen LogP contribution in [0.1, 0.15) is 25.0 Å². The van der Waals surface area contributed by atoms with E-state index in [-0.39, 0.29) is 37.7 Å². The first-order valence-corrected chi connectivity index (χ1v) is 14.7. The second-order valence-corrected chi connectivity index (χ2v) is 11.3. The van der Waals surface area contributed by atoms with Gasteiger partial charge in [0.25, 0.3) is 0 Å². The molecule has 2 aromatic rings. The zero-order chi connectivity index (χ0) is 31.7. The molecular formula is C32H42N4O8. The van der Waals surface area contributed by atoms with Gasteiger partial charge in [-0.05, 0) is 43.5 Å². The number of Topliss-reactive ketones (excluding diaryl/α,β-unsaturated/α-hetero) is 1. The Kier molecular flexibility index (Phi) is 11.3. The van der Waals surface area contributed by atoms with Crippen molar-refractivity contribution >= 4 is 23.5 Å². The molecule has 44 heavy (non-hydrogen) atoms. The van der Waals surface area contributed by atoms with E-state index in [1.807, 2.05) is 35.2 Å². The summed E-state index contributed by atoms with van der Waals surface area (Å²) in [7, 11) is 3.03. The number of methoxy groups -OCH3 is 2. The first-order chi connectivity index (χ1) is 21.1. The molecule has 12 heteroatoms. The molecule has 2 heterocycles. The average Bonchev–Trinajstić information content (AvgIpc) is 3.78. The number of epoxide rings is 1. The number of ketones is 1. The fraction of sp³-hybridized carbons (Fsp3) is 0.500. The fourth-order valence-corrected chi connectivity index (χ4v) is 5.01. The van der Waals surface area contributed by atoms with Crippen molar-refractivity contribution in [1.82, 2.24) is 20.9 Å². The molecule has 4 unspecified atom stereocenters. The van der Waals surface area contributed by atoms with Gasteiger partial charge >= 0.3 is 0 Å². The summed E-state index contributed by atoms with van der Waals surface area (Å²) in [5.41, 5.74) is 0.594. The van der Waals surface area contributed by atoms with Gasteiger partial charge in [-0.15, -0.1) is 0 Å². The Morgan fingerprint density at radius 1 is 0.864 bits per heavy atom. The number of hydrogen-bond acceptors (Lipinski definition) is 9. The topological polar surface area (TPSA) is 148 Å². The maximum absolute atomic E-state index is 13.8. The highest BCUT2D eigenvalue weighted by Crippen LogP contribution is 2.30. The minimum absolute atomic E-state index is 0.0897. The monoisotopic (exact) mass is 610 g/mol. The summed E-state index contributed by atoms with van der Waals surface area (Å²) in [5.74, 6) is -0.640. The molecule has 4 atom stereocenters. The predicted molar refractivity (Wildman–Crippen MR) is 161 cm³/mol. The van der Waals surface area contributed by atoms with Crippen molar-refractivity contribution in [3.05, 3.63) is 59.7 Å². The van der Waals surface area contributed by atoms with Crippen LogP contribution in [-0.2, 0) is 41.5 Å². The van der Waals surface area contributed by atoms with Crippen LogP contribution in [0.3, 0.4) is 0 Å². The van der Waals surface area contributed by atoms with Crippen LogP contribution in [0.2, 0.25) is 0 Å². The molecule has 2 aliphatic heterocycles. The maximum atomic E-state index is 13.8. The lowest BCUT2D eigenvalue weighted by Crippen LogP contribution is -2.57. The standard InChI is InChI=1S/C32H42N4O8/c1-21(33-28(37)19-36-12-14-43-15-13-36)30(39)35-25(17-23-10-11-26(41-3)27(18-23)42-4)31(40)34-24(29(38)32(2)20-44-32)16-22-8-6-5-7-9-22/h5-11,18,21,24-25H,12-17,19-20H2,1-4H3,(H,33,37)(H,34,40)(H,35,39). The third-order valence-electron chi connectivity index (χ3n) is 7.78. The molecule has 2 aromatic carbocycles. The van der Waals surface area contributed by atoms with Crippen molar-refractivity contribution in [2.75, 3.05) is 53.7 Å². The Balaban J connectivity index is 1.50. The number of amides is 3. The number of carbonyl (C=O) groups is 4. The summed E-state index contributed by atoms with van der Waals surface area (Å²) in [6, 6.07) is 11.7. The summed E-state index contributed by atoms with van der Waals surface area (Å²) >= 11 is 0. The quantitative estimate of drug-likeness (QED) is 0.247. The third kappa shape index (κ3) is 9.01. The molecule has 2 fully saturated rings. The van der Waals surface area contributed by atoms with Gasteiger partial charge in [-0.3, -0.25) is 24.1 Å². The second kappa shape index (κ2) is 15.1. The highest BCUT2D eigenvalue weighted by atomic mass is 16.6. The number of morpholine rings is 1. The lowest BCUT2D eigenvalue weighted by atomic mass is 9.94. The fourth-order valence-electron chi connectivity index (χ4n) is 5.01.